The van der Waals surface area contributed by atoms with E-state index in [0.29, 0.717) is 5.56 Å². The number of aromatic nitrogens is 1. The second-order valence-electron chi connectivity index (χ2n) is 3.57. The Hall–Kier alpha value is -1.63. The minimum Gasteiger partial charge on any atom is -0.235 e. The maximum atomic E-state index is 8.75. The van der Waals surface area contributed by atoms with Crippen molar-refractivity contribution in [2.45, 2.75) is 0 Å². The van der Waals surface area contributed by atoms with Gasteiger partial charge in [0.05, 0.1) is 11.3 Å². The molecule has 2 rings (SSSR count). The van der Waals surface area contributed by atoms with Crippen LogP contribution in [0.3, 0.4) is 0 Å². The van der Waals surface area contributed by atoms with Gasteiger partial charge in [0.2, 0.25) is 0 Å². The van der Waals surface area contributed by atoms with Crippen LogP contribution in [0.1, 0.15) is 16.8 Å². The summed E-state index contributed by atoms with van der Waals surface area (Å²) in [5.41, 5.74) is 2.17. The fourth-order valence-electron chi connectivity index (χ4n) is 1.42. The lowest BCUT2D eigenvalue weighted by Gasteiger charge is -1.97. The molecule has 0 radical (unpaired) electrons. The van der Waals surface area contributed by atoms with Gasteiger partial charge < -0.3 is 0 Å². The first-order valence-corrected chi connectivity index (χ1v) is 6.36. The van der Waals surface area contributed by atoms with Gasteiger partial charge in [0.1, 0.15) is 11.2 Å². The highest BCUT2D eigenvalue weighted by Crippen LogP contribution is 2.16. The molecule has 1 heterocycles. The molecule has 0 unspecified atom stereocenters. The molecule has 0 amide bonds. The molecule has 0 atom stereocenters. The minimum absolute atomic E-state index is 0.230. The first-order chi connectivity index (χ1) is 8.69. The largest absolute Gasteiger partial charge is 0.235 e. The van der Waals surface area contributed by atoms with E-state index in [1.54, 1.807) is 12.1 Å². The van der Waals surface area contributed by atoms with Gasteiger partial charge in [-0.3, -0.25) is 0 Å². The average molecular weight is 320 g/mol. The molecular formula is C14H8BrClN2. The predicted molar refractivity (Wildman–Crippen MR) is 77.0 cm³/mol. The highest BCUT2D eigenvalue weighted by Gasteiger charge is 2.00. The number of nitriles is 1. The zero-order chi connectivity index (χ0) is 13.0. The van der Waals surface area contributed by atoms with Crippen molar-refractivity contribution in [1.82, 2.24) is 4.98 Å². The van der Waals surface area contributed by atoms with Gasteiger partial charge in [-0.1, -0.05) is 45.7 Å². The van der Waals surface area contributed by atoms with Crippen LogP contribution in [0.4, 0.5) is 0 Å². The second kappa shape index (κ2) is 5.81. The Labute approximate surface area is 119 Å². The Morgan fingerprint density at radius 3 is 2.72 bits per heavy atom. The summed E-state index contributed by atoms with van der Waals surface area (Å²) in [6.07, 6.45) is 3.80. The molecule has 2 aromatic rings. The molecule has 1 aromatic heterocycles. The lowest BCUT2D eigenvalue weighted by atomic mass is 10.2. The maximum Gasteiger partial charge on any atom is 0.147 e. The molecule has 88 valence electrons. The molecule has 0 fully saturated rings. The quantitative estimate of drug-likeness (QED) is 0.762. The van der Waals surface area contributed by atoms with Crippen molar-refractivity contribution < 1.29 is 0 Å². The summed E-state index contributed by atoms with van der Waals surface area (Å²) in [6.45, 7) is 0. The van der Waals surface area contributed by atoms with Crippen LogP contribution in [0.2, 0.25) is 5.15 Å². The summed E-state index contributed by atoms with van der Waals surface area (Å²) in [5, 5.41) is 8.98. The fraction of sp³-hybridized carbons (Fsp3) is 0. The van der Waals surface area contributed by atoms with Gasteiger partial charge in [-0.25, -0.2) is 4.98 Å². The number of pyridine rings is 1. The molecule has 0 bridgehead atoms. The topological polar surface area (TPSA) is 36.7 Å². The standard InChI is InChI=1S/C14H8BrClN2/c15-12-3-1-2-10(8-12)4-6-13-7-5-11(9-17)14(16)18-13/h1-8H/b6-4+. The molecule has 18 heavy (non-hydrogen) atoms. The smallest absolute Gasteiger partial charge is 0.147 e. The third kappa shape index (κ3) is 3.19. The van der Waals surface area contributed by atoms with Crippen molar-refractivity contribution in [3.8, 4) is 6.07 Å². The summed E-state index contributed by atoms with van der Waals surface area (Å²) in [7, 11) is 0. The van der Waals surface area contributed by atoms with Gasteiger partial charge in [0.15, 0.2) is 0 Å². The van der Waals surface area contributed by atoms with Gasteiger partial charge >= 0.3 is 0 Å². The van der Waals surface area contributed by atoms with E-state index >= 15 is 0 Å². The lowest BCUT2D eigenvalue weighted by Crippen LogP contribution is -1.85. The molecule has 0 saturated carbocycles. The number of hydrogen-bond donors (Lipinski definition) is 0. The minimum atomic E-state index is 0.230. The molecule has 0 saturated heterocycles. The summed E-state index contributed by atoms with van der Waals surface area (Å²) >= 11 is 9.27. The normalized spacial score (nSPS) is 10.5. The first kappa shape index (κ1) is 12.8. The van der Waals surface area contributed by atoms with Crippen molar-refractivity contribution >= 4 is 39.7 Å². The number of benzene rings is 1. The van der Waals surface area contributed by atoms with Crippen LogP contribution in [-0.4, -0.2) is 4.98 Å². The summed E-state index contributed by atoms with van der Waals surface area (Å²) < 4.78 is 1.02. The van der Waals surface area contributed by atoms with E-state index in [9.17, 15) is 0 Å². The summed E-state index contributed by atoms with van der Waals surface area (Å²) in [5.74, 6) is 0. The molecule has 2 nitrogen and oxygen atoms in total. The van der Waals surface area contributed by atoms with E-state index in [1.165, 1.54) is 0 Å². The van der Waals surface area contributed by atoms with Crippen LogP contribution in [0, 0.1) is 11.3 Å². The van der Waals surface area contributed by atoms with Gasteiger partial charge in [0, 0.05) is 4.47 Å². The van der Waals surface area contributed by atoms with E-state index in [1.807, 2.05) is 42.5 Å². The molecule has 0 spiro atoms. The van der Waals surface area contributed by atoms with Crippen molar-refractivity contribution in [2.24, 2.45) is 0 Å². The average Bonchev–Trinajstić information content (AvgIpc) is 2.37. The molecule has 0 aliphatic rings. The van der Waals surface area contributed by atoms with Crippen LogP contribution >= 0.6 is 27.5 Å². The molecule has 0 aliphatic carbocycles. The second-order valence-corrected chi connectivity index (χ2v) is 4.85. The van der Waals surface area contributed by atoms with E-state index in [-0.39, 0.29) is 5.15 Å². The Bertz CT molecular complexity index is 644. The first-order valence-electron chi connectivity index (χ1n) is 5.19. The molecule has 0 aliphatic heterocycles. The van der Waals surface area contributed by atoms with Crippen molar-refractivity contribution in [3.05, 3.63) is 62.8 Å². The fourth-order valence-corrected chi connectivity index (χ4v) is 2.04. The zero-order valence-corrected chi connectivity index (χ0v) is 11.6. The van der Waals surface area contributed by atoms with E-state index < -0.39 is 0 Å². The van der Waals surface area contributed by atoms with E-state index in [2.05, 4.69) is 20.9 Å². The van der Waals surface area contributed by atoms with Crippen LogP contribution in [0.25, 0.3) is 12.2 Å². The summed E-state index contributed by atoms with van der Waals surface area (Å²) in [4.78, 5) is 4.13. The number of nitrogens with zero attached hydrogens (tertiary/aromatic N) is 2. The summed E-state index contributed by atoms with van der Waals surface area (Å²) in [6, 6.07) is 13.3. The third-order valence-corrected chi connectivity index (χ3v) is 3.07. The third-order valence-electron chi connectivity index (χ3n) is 2.29. The van der Waals surface area contributed by atoms with E-state index in [4.69, 9.17) is 16.9 Å². The molecule has 1 aromatic carbocycles. The Morgan fingerprint density at radius 1 is 1.22 bits per heavy atom. The Kier molecular flexibility index (Phi) is 4.14. The van der Waals surface area contributed by atoms with Crippen molar-refractivity contribution in [3.63, 3.8) is 0 Å². The Balaban J connectivity index is 2.24. The monoisotopic (exact) mass is 318 g/mol. The molecule has 0 N–H and O–H groups in total. The van der Waals surface area contributed by atoms with Gasteiger partial charge in [-0.2, -0.15) is 5.26 Å². The van der Waals surface area contributed by atoms with Gasteiger partial charge in [-0.15, -0.1) is 0 Å². The predicted octanol–water partition coefficient (Wildman–Crippen LogP) is 4.54. The molecule has 4 heteroatoms. The van der Waals surface area contributed by atoms with Crippen LogP contribution in [-0.2, 0) is 0 Å². The van der Waals surface area contributed by atoms with Crippen LogP contribution in [0.15, 0.2) is 40.9 Å². The van der Waals surface area contributed by atoms with Crippen molar-refractivity contribution in [1.29, 1.82) is 5.26 Å². The van der Waals surface area contributed by atoms with Crippen molar-refractivity contribution in [2.75, 3.05) is 0 Å². The van der Waals surface area contributed by atoms with Gasteiger partial charge in [-0.05, 0) is 35.9 Å². The zero-order valence-electron chi connectivity index (χ0n) is 9.27. The SMILES string of the molecule is N#Cc1ccc(/C=C/c2cccc(Br)c2)nc1Cl. The van der Waals surface area contributed by atoms with Gasteiger partial charge in [0.25, 0.3) is 0 Å². The van der Waals surface area contributed by atoms with Crippen LogP contribution < -0.4 is 0 Å². The number of hydrogen-bond acceptors (Lipinski definition) is 2. The highest BCUT2D eigenvalue weighted by atomic mass is 79.9. The number of rotatable bonds is 2. The van der Waals surface area contributed by atoms with Crippen LogP contribution in [0.5, 0.6) is 0 Å². The maximum absolute atomic E-state index is 8.75. The lowest BCUT2D eigenvalue weighted by molar-refractivity contribution is 1.27. The highest BCUT2D eigenvalue weighted by molar-refractivity contribution is 9.10. The Morgan fingerprint density at radius 2 is 2.06 bits per heavy atom. The number of halogens is 2. The molecular weight excluding hydrogens is 312 g/mol. The van der Waals surface area contributed by atoms with E-state index in [0.717, 1.165) is 15.7 Å².